The Kier molecular flexibility index (Phi) is 21.9. The van der Waals surface area contributed by atoms with Crippen molar-refractivity contribution in [1.29, 1.82) is 0 Å². The first-order valence-electron chi connectivity index (χ1n) is 26.7. The molecule has 0 saturated carbocycles. The fourth-order valence-corrected chi connectivity index (χ4v) is 16.8. The topological polar surface area (TPSA) is 149 Å². The Morgan fingerprint density at radius 2 is 1.27 bits per heavy atom. The summed E-state index contributed by atoms with van der Waals surface area (Å²) in [6.45, 7) is 14.5. The van der Waals surface area contributed by atoms with Crippen LogP contribution < -0.4 is 15.9 Å². The molecule has 11 nitrogen and oxygen atoms in total. The SMILES string of the molecule is CC[C@H]1OC(=O)[C@H](C)C[C@H](C)[C@@H](O[C@@H]2O[C@H](C)C[C@H](N(C)C)[C@H]2O)[C@](C)(O)C[C@@H](C)CN(C(=O)CCCCCCCCCC[PH](c2ccccc2)(c2ccccc2)c2ccccc2)[C@H](C)[C@@H](O)[C@]1(C)O. The number of nitrogens with zero attached hydrogens (tertiary/aromatic N) is 2. The summed E-state index contributed by atoms with van der Waals surface area (Å²) >= 11 is 0. The van der Waals surface area contributed by atoms with E-state index in [1.54, 1.807) is 32.6 Å². The Morgan fingerprint density at radius 1 is 0.771 bits per heavy atom. The van der Waals surface area contributed by atoms with E-state index in [0.29, 0.717) is 12.8 Å². The van der Waals surface area contributed by atoms with Gasteiger partial charge >= 0.3 is 200 Å². The molecule has 2 aliphatic rings. The summed E-state index contributed by atoms with van der Waals surface area (Å²) in [6.07, 6.45) is 5.56. The average Bonchev–Trinajstić information content (AvgIpc) is 3.33. The normalized spacial score (nSPS) is 32.2. The zero-order chi connectivity index (χ0) is 51.2. The molecule has 3 aromatic carbocycles. The monoisotopic (exact) mass is 991 g/mol. The molecule has 13 atom stereocenters. The molecule has 2 heterocycles. The minimum absolute atomic E-state index is 0.136. The molecule has 2 saturated heterocycles. The van der Waals surface area contributed by atoms with Crippen molar-refractivity contribution in [2.24, 2.45) is 17.8 Å². The molecule has 0 spiro atoms. The number of carbonyl (C=O) groups is 2. The second-order valence-electron chi connectivity index (χ2n) is 22.0. The van der Waals surface area contributed by atoms with Crippen LogP contribution in [0.25, 0.3) is 0 Å². The predicted molar refractivity (Wildman–Crippen MR) is 286 cm³/mol. The predicted octanol–water partition coefficient (Wildman–Crippen LogP) is 8.14. The largest absolute Gasteiger partial charge is 0.388 e. The second-order valence-corrected chi connectivity index (χ2v) is 26.1. The molecule has 0 aliphatic carbocycles. The molecule has 1 amide bonds. The summed E-state index contributed by atoms with van der Waals surface area (Å²) < 4.78 is 18.8. The van der Waals surface area contributed by atoms with E-state index in [4.69, 9.17) is 14.2 Å². The fraction of sp³-hybridized carbons (Fsp3) is 0.655. The Morgan fingerprint density at radius 3 is 1.77 bits per heavy atom. The average molecular weight is 991 g/mol. The van der Waals surface area contributed by atoms with E-state index < -0.39 is 73.0 Å². The van der Waals surface area contributed by atoms with Gasteiger partial charge in [-0.3, -0.25) is 4.79 Å². The maximum absolute atomic E-state index is 14.4. The zero-order valence-corrected chi connectivity index (χ0v) is 45.3. The number of esters is 1. The van der Waals surface area contributed by atoms with Gasteiger partial charge in [0.25, 0.3) is 0 Å². The van der Waals surface area contributed by atoms with Gasteiger partial charge in [0.1, 0.15) is 23.9 Å². The van der Waals surface area contributed by atoms with E-state index in [0.717, 1.165) is 44.7 Å². The minimum Gasteiger partial charge on any atom is -0.388 e. The summed E-state index contributed by atoms with van der Waals surface area (Å²) in [5.41, 5.74) is -3.35. The molecule has 392 valence electrons. The van der Waals surface area contributed by atoms with Crippen LogP contribution in [-0.2, 0) is 23.8 Å². The molecular weight excluding hydrogens is 900 g/mol. The number of carbonyl (C=O) groups excluding carboxylic acids is 2. The Bertz CT molecular complexity index is 1910. The molecule has 2 fully saturated rings. The van der Waals surface area contributed by atoms with Crippen LogP contribution in [0.15, 0.2) is 91.0 Å². The van der Waals surface area contributed by atoms with Gasteiger partial charge < -0.3 is 39.5 Å². The third kappa shape index (κ3) is 14.7. The zero-order valence-electron chi connectivity index (χ0n) is 44.3. The van der Waals surface area contributed by atoms with E-state index in [2.05, 4.69) is 91.0 Å². The van der Waals surface area contributed by atoms with Gasteiger partial charge in [-0.15, -0.1) is 0 Å². The van der Waals surface area contributed by atoms with Crippen LogP contribution in [0.1, 0.15) is 139 Å². The number of benzene rings is 3. The number of hydrogen-bond donors (Lipinski definition) is 4. The maximum Gasteiger partial charge on any atom is 0.126 e. The van der Waals surface area contributed by atoms with Gasteiger partial charge in [0.2, 0.25) is 0 Å². The van der Waals surface area contributed by atoms with E-state index in [1.807, 2.05) is 39.8 Å². The summed E-state index contributed by atoms with van der Waals surface area (Å²) in [5.74, 6) is -1.99. The number of hydrogen-bond acceptors (Lipinski definition) is 10. The van der Waals surface area contributed by atoms with Gasteiger partial charge in [0.05, 0.1) is 29.8 Å². The number of aliphatic hydroxyl groups is 4. The first-order valence-corrected chi connectivity index (χ1v) is 28.9. The fourth-order valence-electron chi connectivity index (χ4n) is 11.9. The summed E-state index contributed by atoms with van der Waals surface area (Å²) in [5, 5.41) is 52.1. The van der Waals surface area contributed by atoms with Crippen LogP contribution in [0.2, 0.25) is 0 Å². The van der Waals surface area contributed by atoms with Crippen molar-refractivity contribution in [2.75, 3.05) is 26.8 Å². The van der Waals surface area contributed by atoms with E-state index in [-0.39, 0.29) is 56.2 Å². The Hall–Kier alpha value is -3.25. The van der Waals surface area contributed by atoms with Gasteiger partial charge in [-0.2, -0.15) is 0 Å². The molecule has 4 N–H and O–H groups in total. The van der Waals surface area contributed by atoms with Crippen LogP contribution in [0, 0.1) is 17.8 Å². The number of unbranched alkanes of at least 4 members (excludes halogenated alkanes) is 7. The molecule has 2 aliphatic heterocycles. The van der Waals surface area contributed by atoms with Crippen LogP contribution in [0.5, 0.6) is 0 Å². The van der Waals surface area contributed by atoms with Gasteiger partial charge in [-0.1, -0.05) is 27.7 Å². The molecule has 5 rings (SSSR count). The summed E-state index contributed by atoms with van der Waals surface area (Å²) in [4.78, 5) is 31.7. The molecule has 0 radical (unpaired) electrons. The first kappa shape index (κ1) is 57.6. The Balaban J connectivity index is 1.23. The van der Waals surface area contributed by atoms with Crippen molar-refractivity contribution in [3.8, 4) is 0 Å². The van der Waals surface area contributed by atoms with Gasteiger partial charge in [-0.25, -0.2) is 0 Å². The molecular formula is C58H91N2O9P. The third-order valence-corrected chi connectivity index (χ3v) is 20.8. The van der Waals surface area contributed by atoms with Gasteiger partial charge in [0, 0.05) is 12.6 Å². The summed E-state index contributed by atoms with van der Waals surface area (Å²) in [7, 11) is 1.58. The molecule has 0 aromatic heterocycles. The number of amides is 1. The van der Waals surface area contributed by atoms with Crippen molar-refractivity contribution in [3.05, 3.63) is 91.0 Å². The number of rotatable bonds is 18. The quantitative estimate of drug-likeness (QED) is 0.0560. The van der Waals surface area contributed by atoms with Crippen LogP contribution in [0.3, 0.4) is 0 Å². The molecule has 3 aromatic rings. The Labute approximate surface area is 422 Å². The smallest absolute Gasteiger partial charge is 0.126 e. The van der Waals surface area contributed by atoms with Crippen molar-refractivity contribution >= 4 is 35.1 Å². The van der Waals surface area contributed by atoms with Crippen molar-refractivity contribution < 1.29 is 44.2 Å². The minimum atomic E-state index is -2.24. The van der Waals surface area contributed by atoms with Crippen molar-refractivity contribution in [1.82, 2.24) is 9.80 Å². The number of aliphatic hydroxyl groups excluding tert-OH is 2. The van der Waals surface area contributed by atoms with Crippen molar-refractivity contribution in [3.63, 3.8) is 0 Å². The van der Waals surface area contributed by atoms with Crippen LogP contribution in [0.4, 0.5) is 0 Å². The summed E-state index contributed by atoms with van der Waals surface area (Å²) in [6, 6.07) is 32.3. The maximum atomic E-state index is 14.4. The standard InChI is InChI=1S/C58H91N2O9P/c1-11-50-58(8,66)53(63)45(6)60(40-41(2)39-57(7,65)54(42(3)37-43(4)55(64)68-50)69-56-52(62)49(59(9)10)38-44(5)67-56)51(61)35-27-16-14-12-13-15-17-28-36-70(46-29-21-18-22-30-46,47-31-23-19-24-32-47)48-33-25-20-26-34-48/h18-26,29-34,41-45,49-50,52-54,56,62-63,65-66,70H,11-17,27-28,35-40H2,1-10H3/t41-,42+,43-,44-,45-,49+,50-,52-,53-,54-,56+,57-,58-/m1/s1. The number of ether oxygens (including phenoxy) is 3. The molecule has 70 heavy (non-hydrogen) atoms. The number of cyclic esters (lactones) is 1. The van der Waals surface area contributed by atoms with Gasteiger partial charge in [-0.05, 0) is 79.3 Å². The molecule has 12 heteroatoms. The van der Waals surface area contributed by atoms with Crippen molar-refractivity contribution in [2.45, 2.75) is 199 Å². The van der Waals surface area contributed by atoms with E-state index in [1.165, 1.54) is 29.3 Å². The number of likely N-dealkylation sites (N-methyl/N-ethyl adjacent to an activating group) is 1. The molecule has 0 bridgehead atoms. The van der Waals surface area contributed by atoms with Crippen LogP contribution >= 0.6 is 7.26 Å². The van der Waals surface area contributed by atoms with E-state index >= 15 is 0 Å². The van der Waals surface area contributed by atoms with Gasteiger partial charge in [0.15, 0.2) is 6.29 Å². The first-order chi connectivity index (χ1) is 33.2. The third-order valence-electron chi connectivity index (χ3n) is 15.7. The molecule has 0 unspecified atom stereocenters. The second kappa shape index (κ2) is 26.6. The van der Waals surface area contributed by atoms with Crippen LogP contribution in [-0.4, -0.2) is 129 Å². The van der Waals surface area contributed by atoms with E-state index in [9.17, 15) is 30.0 Å².